The van der Waals surface area contributed by atoms with Crippen LogP contribution >= 0.6 is 0 Å². The molecule has 2 aromatic rings. The minimum atomic E-state index is -0.231. The van der Waals surface area contributed by atoms with Crippen LogP contribution in [0.3, 0.4) is 0 Å². The van der Waals surface area contributed by atoms with Gasteiger partial charge in [0, 0.05) is 12.0 Å². The highest BCUT2D eigenvalue weighted by atomic mass is 16.5. The summed E-state index contributed by atoms with van der Waals surface area (Å²) in [6.07, 6.45) is 0.718. The third-order valence-corrected chi connectivity index (χ3v) is 3.71. The lowest BCUT2D eigenvalue weighted by Crippen LogP contribution is -2.32. The Kier molecular flexibility index (Phi) is 3.82. The maximum Gasteiger partial charge on any atom is 0.232 e. The molecule has 0 saturated carbocycles. The third kappa shape index (κ3) is 3.10. The number of nitrogens with zero attached hydrogens (tertiary/aromatic N) is 2. The van der Waals surface area contributed by atoms with E-state index in [1.807, 2.05) is 50.2 Å². The van der Waals surface area contributed by atoms with Gasteiger partial charge < -0.3 is 9.47 Å². The molecule has 22 heavy (non-hydrogen) atoms. The fourth-order valence-electron chi connectivity index (χ4n) is 2.50. The number of aromatic nitrogens is 1. The van der Waals surface area contributed by atoms with Gasteiger partial charge in [-0.05, 0) is 25.5 Å². The Labute approximate surface area is 130 Å². The second-order valence-corrected chi connectivity index (χ2v) is 6.06. The van der Waals surface area contributed by atoms with Crippen molar-refractivity contribution in [3.05, 3.63) is 58.8 Å². The molecule has 0 amide bonds. The largest absolute Gasteiger partial charge is 0.472 e. The maximum atomic E-state index is 9.31. The number of pyridine rings is 1. The van der Waals surface area contributed by atoms with Crippen LogP contribution in [0.25, 0.3) is 0 Å². The Morgan fingerprint density at radius 2 is 2.09 bits per heavy atom. The summed E-state index contributed by atoms with van der Waals surface area (Å²) in [4.78, 5) is 4.57. The van der Waals surface area contributed by atoms with Gasteiger partial charge in [0.05, 0.1) is 17.9 Å². The molecule has 1 aromatic carbocycles. The van der Waals surface area contributed by atoms with Crippen LogP contribution in [0.2, 0.25) is 0 Å². The quantitative estimate of drug-likeness (QED) is 0.870. The molecular formula is C18H18N2O2. The molecule has 0 bridgehead atoms. The summed E-state index contributed by atoms with van der Waals surface area (Å²) in [6, 6.07) is 13.9. The van der Waals surface area contributed by atoms with Crippen molar-refractivity contribution in [2.24, 2.45) is 0 Å². The minimum Gasteiger partial charge on any atom is -0.472 e. The van der Waals surface area contributed by atoms with Gasteiger partial charge in [-0.15, -0.1) is 0 Å². The first-order valence-electron chi connectivity index (χ1n) is 7.31. The molecule has 4 heteroatoms. The molecule has 1 aromatic heterocycles. The van der Waals surface area contributed by atoms with E-state index in [9.17, 15) is 5.26 Å². The van der Waals surface area contributed by atoms with Gasteiger partial charge in [-0.25, -0.2) is 4.98 Å². The van der Waals surface area contributed by atoms with Crippen LogP contribution in [0.4, 0.5) is 0 Å². The molecule has 1 aliphatic heterocycles. The first-order chi connectivity index (χ1) is 10.6. The SMILES string of the molecule is CC1(C)Cc2nc(OCc3ccccc3)c(C#N)cc2CO1. The standard InChI is InChI=1S/C18H18N2O2/c1-18(2)9-16-15(12-22-18)8-14(10-19)17(20-16)21-11-13-6-4-3-5-7-13/h3-8H,9,11-12H2,1-2H3. The molecule has 0 aliphatic carbocycles. The summed E-state index contributed by atoms with van der Waals surface area (Å²) in [5, 5.41) is 9.31. The lowest BCUT2D eigenvalue weighted by Gasteiger charge is -2.31. The fourth-order valence-corrected chi connectivity index (χ4v) is 2.50. The number of hydrogen-bond donors (Lipinski definition) is 0. The molecule has 0 saturated heterocycles. The molecule has 1 aliphatic rings. The van der Waals surface area contributed by atoms with E-state index < -0.39 is 0 Å². The molecule has 112 valence electrons. The third-order valence-electron chi connectivity index (χ3n) is 3.71. The number of ether oxygens (including phenoxy) is 2. The topological polar surface area (TPSA) is 55.1 Å². The van der Waals surface area contributed by atoms with Crippen LogP contribution in [-0.2, 0) is 24.4 Å². The predicted molar refractivity (Wildman–Crippen MR) is 82.3 cm³/mol. The number of fused-ring (bicyclic) bond motifs is 1. The molecule has 2 heterocycles. The van der Waals surface area contributed by atoms with E-state index in [4.69, 9.17) is 9.47 Å². The van der Waals surface area contributed by atoms with E-state index in [0.717, 1.165) is 23.2 Å². The van der Waals surface area contributed by atoms with Crippen molar-refractivity contribution in [2.75, 3.05) is 0 Å². The highest BCUT2D eigenvalue weighted by Gasteiger charge is 2.28. The highest BCUT2D eigenvalue weighted by molar-refractivity contribution is 5.43. The molecule has 0 fully saturated rings. The Balaban J connectivity index is 1.86. The van der Waals surface area contributed by atoms with Crippen molar-refractivity contribution in [3.8, 4) is 11.9 Å². The van der Waals surface area contributed by atoms with Crippen LogP contribution in [-0.4, -0.2) is 10.6 Å². The van der Waals surface area contributed by atoms with E-state index in [1.54, 1.807) is 0 Å². The number of hydrogen-bond acceptors (Lipinski definition) is 4. The Hall–Kier alpha value is -2.38. The van der Waals surface area contributed by atoms with E-state index in [0.29, 0.717) is 24.7 Å². The van der Waals surface area contributed by atoms with Crippen LogP contribution in [0.15, 0.2) is 36.4 Å². The van der Waals surface area contributed by atoms with Crippen LogP contribution in [0.5, 0.6) is 5.88 Å². The van der Waals surface area contributed by atoms with Crippen molar-refractivity contribution in [3.63, 3.8) is 0 Å². The van der Waals surface area contributed by atoms with Gasteiger partial charge in [0.1, 0.15) is 18.2 Å². The summed E-state index contributed by atoms with van der Waals surface area (Å²) >= 11 is 0. The van der Waals surface area contributed by atoms with E-state index in [2.05, 4.69) is 11.1 Å². The number of rotatable bonds is 3. The summed E-state index contributed by atoms with van der Waals surface area (Å²) in [6.45, 7) is 4.98. The average molecular weight is 294 g/mol. The fraction of sp³-hybridized carbons (Fsp3) is 0.333. The summed E-state index contributed by atoms with van der Waals surface area (Å²) in [5.74, 6) is 0.405. The maximum absolute atomic E-state index is 9.31. The van der Waals surface area contributed by atoms with Gasteiger partial charge in [0.2, 0.25) is 5.88 Å². The summed E-state index contributed by atoms with van der Waals surface area (Å²) in [7, 11) is 0. The van der Waals surface area contributed by atoms with Gasteiger partial charge in [-0.3, -0.25) is 0 Å². The monoisotopic (exact) mass is 294 g/mol. The molecule has 0 spiro atoms. The number of nitriles is 1. The Morgan fingerprint density at radius 1 is 1.32 bits per heavy atom. The molecule has 0 atom stereocenters. The minimum absolute atomic E-state index is 0.231. The zero-order valence-electron chi connectivity index (χ0n) is 12.8. The normalized spacial score (nSPS) is 15.7. The summed E-state index contributed by atoms with van der Waals surface area (Å²) < 4.78 is 11.5. The van der Waals surface area contributed by atoms with Crippen molar-refractivity contribution in [1.29, 1.82) is 5.26 Å². The zero-order chi connectivity index (χ0) is 15.6. The second-order valence-electron chi connectivity index (χ2n) is 6.06. The van der Waals surface area contributed by atoms with E-state index in [1.165, 1.54) is 0 Å². The molecule has 0 N–H and O–H groups in total. The van der Waals surface area contributed by atoms with Crippen LogP contribution in [0, 0.1) is 11.3 Å². The number of benzene rings is 1. The van der Waals surface area contributed by atoms with Gasteiger partial charge in [-0.2, -0.15) is 5.26 Å². The molecule has 0 unspecified atom stereocenters. The molecule has 3 rings (SSSR count). The second kappa shape index (κ2) is 5.78. The average Bonchev–Trinajstić information content (AvgIpc) is 2.52. The zero-order valence-corrected chi connectivity index (χ0v) is 12.8. The molecular weight excluding hydrogens is 276 g/mol. The smallest absolute Gasteiger partial charge is 0.232 e. The van der Waals surface area contributed by atoms with Gasteiger partial charge in [-0.1, -0.05) is 30.3 Å². The van der Waals surface area contributed by atoms with Gasteiger partial charge >= 0.3 is 0 Å². The van der Waals surface area contributed by atoms with E-state index >= 15 is 0 Å². The van der Waals surface area contributed by atoms with Crippen molar-refractivity contribution < 1.29 is 9.47 Å². The van der Waals surface area contributed by atoms with Crippen LogP contribution < -0.4 is 4.74 Å². The van der Waals surface area contributed by atoms with Crippen molar-refractivity contribution >= 4 is 0 Å². The Bertz CT molecular complexity index is 718. The van der Waals surface area contributed by atoms with Gasteiger partial charge in [0.15, 0.2) is 0 Å². The first-order valence-corrected chi connectivity index (χ1v) is 7.31. The lowest BCUT2D eigenvalue weighted by atomic mass is 9.95. The predicted octanol–water partition coefficient (Wildman–Crippen LogP) is 3.38. The Morgan fingerprint density at radius 3 is 2.82 bits per heavy atom. The summed E-state index contributed by atoms with van der Waals surface area (Å²) in [5.41, 5.74) is 3.21. The first kappa shape index (κ1) is 14.6. The molecule has 4 nitrogen and oxygen atoms in total. The van der Waals surface area contributed by atoms with Crippen molar-refractivity contribution in [1.82, 2.24) is 4.98 Å². The lowest BCUT2D eigenvalue weighted by molar-refractivity contribution is -0.0414. The molecule has 0 radical (unpaired) electrons. The van der Waals surface area contributed by atoms with E-state index in [-0.39, 0.29) is 5.60 Å². The van der Waals surface area contributed by atoms with Crippen molar-refractivity contribution in [2.45, 2.75) is 39.1 Å². The van der Waals surface area contributed by atoms with Gasteiger partial charge in [0.25, 0.3) is 0 Å². The van der Waals surface area contributed by atoms with Crippen LogP contribution in [0.1, 0.15) is 36.2 Å². The highest BCUT2D eigenvalue weighted by Crippen LogP contribution is 2.30.